The number of rotatable bonds is 5. The molecule has 0 N–H and O–H groups in total. The molecule has 0 aliphatic rings. The summed E-state index contributed by atoms with van der Waals surface area (Å²) in [6, 6.07) is 9.93. The van der Waals surface area contributed by atoms with Crippen LogP contribution in [0.1, 0.15) is 5.56 Å². The van der Waals surface area contributed by atoms with Crippen molar-refractivity contribution in [2.45, 2.75) is 6.42 Å². The first-order valence-corrected chi connectivity index (χ1v) is 6.27. The highest BCUT2D eigenvalue weighted by molar-refractivity contribution is 6.30. The molecule has 0 aliphatic heterocycles. The Morgan fingerprint density at radius 1 is 1.10 bits per heavy atom. The van der Waals surface area contributed by atoms with E-state index in [9.17, 15) is 13.6 Å². The Hall–Kier alpha value is -1.94. The van der Waals surface area contributed by atoms with Crippen molar-refractivity contribution in [3.63, 3.8) is 0 Å². The Labute approximate surface area is 119 Å². The van der Waals surface area contributed by atoms with Crippen LogP contribution in [0.15, 0.2) is 42.5 Å². The summed E-state index contributed by atoms with van der Waals surface area (Å²) in [7, 11) is 0. The second-order valence-electron chi connectivity index (χ2n) is 4.17. The van der Waals surface area contributed by atoms with Gasteiger partial charge in [-0.1, -0.05) is 29.8 Å². The third-order valence-corrected chi connectivity index (χ3v) is 2.94. The van der Waals surface area contributed by atoms with Crippen LogP contribution < -0.4 is 4.74 Å². The average Bonchev–Trinajstić information content (AvgIpc) is 2.43. The molecule has 2 aromatic rings. The van der Waals surface area contributed by atoms with Gasteiger partial charge in [0.2, 0.25) is 0 Å². The molecule has 20 heavy (non-hydrogen) atoms. The van der Waals surface area contributed by atoms with E-state index in [1.54, 1.807) is 12.1 Å². The van der Waals surface area contributed by atoms with Gasteiger partial charge in [0.15, 0.2) is 5.78 Å². The van der Waals surface area contributed by atoms with Crippen molar-refractivity contribution in [1.82, 2.24) is 0 Å². The first-order valence-electron chi connectivity index (χ1n) is 5.89. The number of halogens is 3. The molecule has 0 saturated carbocycles. The molecule has 0 heterocycles. The molecule has 0 radical (unpaired) electrons. The number of hydrogen-bond acceptors (Lipinski definition) is 2. The van der Waals surface area contributed by atoms with Gasteiger partial charge in [-0.3, -0.25) is 4.79 Å². The summed E-state index contributed by atoms with van der Waals surface area (Å²) in [4.78, 5) is 11.7. The largest absolute Gasteiger partial charge is 0.486 e. The molecule has 0 aromatic heterocycles. The monoisotopic (exact) mass is 296 g/mol. The van der Waals surface area contributed by atoms with E-state index in [1.165, 1.54) is 24.3 Å². The minimum Gasteiger partial charge on any atom is -0.486 e. The zero-order valence-electron chi connectivity index (χ0n) is 10.4. The maximum absolute atomic E-state index is 13.4. The molecule has 0 bridgehead atoms. The molecule has 2 aromatic carbocycles. The fourth-order valence-electron chi connectivity index (χ4n) is 1.64. The van der Waals surface area contributed by atoms with Gasteiger partial charge < -0.3 is 4.74 Å². The number of Topliss-reactive ketones (excluding diaryl/α,β-unsaturated/α-hetero) is 1. The van der Waals surface area contributed by atoms with E-state index in [4.69, 9.17) is 16.3 Å². The summed E-state index contributed by atoms with van der Waals surface area (Å²) >= 11 is 5.53. The number of ether oxygens (including phenoxy) is 1. The van der Waals surface area contributed by atoms with Crippen LogP contribution in [-0.4, -0.2) is 12.4 Å². The van der Waals surface area contributed by atoms with E-state index in [1.807, 2.05) is 0 Å². The van der Waals surface area contributed by atoms with Crippen molar-refractivity contribution in [2.24, 2.45) is 0 Å². The van der Waals surface area contributed by atoms with Gasteiger partial charge in [-0.25, -0.2) is 8.78 Å². The highest BCUT2D eigenvalue weighted by Crippen LogP contribution is 2.20. The zero-order chi connectivity index (χ0) is 14.5. The first kappa shape index (κ1) is 14.5. The lowest BCUT2D eigenvalue weighted by molar-refractivity contribution is -0.120. The summed E-state index contributed by atoms with van der Waals surface area (Å²) in [6.07, 6.45) is -0.0667. The van der Waals surface area contributed by atoms with Gasteiger partial charge in [-0.05, 0) is 23.8 Å². The van der Waals surface area contributed by atoms with E-state index in [0.717, 1.165) is 6.07 Å². The van der Waals surface area contributed by atoms with Crippen molar-refractivity contribution in [2.75, 3.05) is 6.61 Å². The van der Waals surface area contributed by atoms with Gasteiger partial charge in [0, 0.05) is 12.5 Å². The fraction of sp³-hybridized carbons (Fsp3) is 0.133. The van der Waals surface area contributed by atoms with Crippen LogP contribution in [0.3, 0.4) is 0 Å². The summed E-state index contributed by atoms with van der Waals surface area (Å²) < 4.78 is 31.7. The van der Waals surface area contributed by atoms with Crippen molar-refractivity contribution in [3.8, 4) is 5.75 Å². The van der Waals surface area contributed by atoms with Crippen molar-refractivity contribution >= 4 is 17.4 Å². The van der Waals surface area contributed by atoms with Crippen LogP contribution in [0, 0.1) is 11.6 Å². The third kappa shape index (κ3) is 3.78. The highest BCUT2D eigenvalue weighted by Gasteiger charge is 2.09. The summed E-state index contributed by atoms with van der Waals surface area (Å²) in [5, 5.41) is -0.0185. The molecule has 5 heteroatoms. The van der Waals surface area contributed by atoms with E-state index in [2.05, 4.69) is 0 Å². The Balaban J connectivity index is 1.92. The minimum atomic E-state index is -0.620. The van der Waals surface area contributed by atoms with Gasteiger partial charge in [-0.15, -0.1) is 0 Å². The molecule has 104 valence electrons. The minimum absolute atomic E-state index is 0.0185. The Morgan fingerprint density at radius 2 is 1.85 bits per heavy atom. The van der Waals surface area contributed by atoms with Crippen LogP contribution in [0.4, 0.5) is 8.78 Å². The fourth-order valence-corrected chi connectivity index (χ4v) is 1.75. The summed E-state index contributed by atoms with van der Waals surface area (Å²) in [5.74, 6) is -1.15. The topological polar surface area (TPSA) is 26.3 Å². The standard InChI is InChI=1S/C15H11ClF2O2/c16-13-6-5-12(8-15(13)18)20-9-11(19)7-10-3-1-2-4-14(10)17/h1-6,8H,7,9H2. The molecule has 0 unspecified atom stereocenters. The van der Waals surface area contributed by atoms with Crippen LogP contribution >= 0.6 is 11.6 Å². The van der Waals surface area contributed by atoms with E-state index >= 15 is 0 Å². The number of carbonyl (C=O) groups excluding carboxylic acids is 1. The maximum atomic E-state index is 13.4. The Kier molecular flexibility index (Phi) is 4.69. The predicted molar refractivity (Wildman–Crippen MR) is 72.0 cm³/mol. The average molecular weight is 297 g/mol. The molecule has 2 rings (SSSR count). The zero-order valence-corrected chi connectivity index (χ0v) is 11.2. The number of carbonyl (C=O) groups is 1. The Bertz CT molecular complexity index is 629. The quantitative estimate of drug-likeness (QED) is 0.838. The molecule has 0 saturated heterocycles. The van der Waals surface area contributed by atoms with E-state index < -0.39 is 11.6 Å². The van der Waals surface area contributed by atoms with Gasteiger partial charge in [-0.2, -0.15) is 0 Å². The van der Waals surface area contributed by atoms with Crippen molar-refractivity contribution in [1.29, 1.82) is 0 Å². The van der Waals surface area contributed by atoms with Gasteiger partial charge in [0.05, 0.1) is 5.02 Å². The summed E-state index contributed by atoms with van der Waals surface area (Å²) in [5.41, 5.74) is 0.309. The second kappa shape index (κ2) is 6.48. The lowest BCUT2D eigenvalue weighted by Crippen LogP contribution is -2.14. The molecule has 0 fully saturated rings. The maximum Gasteiger partial charge on any atom is 0.174 e. The molecular weight excluding hydrogens is 286 g/mol. The van der Waals surface area contributed by atoms with Gasteiger partial charge in [0.1, 0.15) is 24.0 Å². The van der Waals surface area contributed by atoms with Gasteiger partial charge in [0.25, 0.3) is 0 Å². The second-order valence-corrected chi connectivity index (χ2v) is 4.58. The molecule has 0 aliphatic carbocycles. The Morgan fingerprint density at radius 3 is 2.55 bits per heavy atom. The van der Waals surface area contributed by atoms with Crippen molar-refractivity contribution < 1.29 is 18.3 Å². The van der Waals surface area contributed by atoms with Gasteiger partial charge >= 0.3 is 0 Å². The van der Waals surface area contributed by atoms with Crippen LogP contribution in [0.25, 0.3) is 0 Å². The van der Waals surface area contributed by atoms with Crippen LogP contribution in [0.5, 0.6) is 5.75 Å². The smallest absolute Gasteiger partial charge is 0.174 e. The SMILES string of the molecule is O=C(COc1ccc(Cl)c(F)c1)Cc1ccccc1F. The molecular formula is C15H11ClF2O2. The molecule has 0 amide bonds. The lowest BCUT2D eigenvalue weighted by atomic mass is 10.1. The van der Waals surface area contributed by atoms with E-state index in [0.29, 0.717) is 5.56 Å². The first-order chi connectivity index (χ1) is 9.56. The van der Waals surface area contributed by atoms with Crippen molar-refractivity contribution in [3.05, 3.63) is 64.7 Å². The predicted octanol–water partition coefficient (Wildman–Crippen LogP) is 3.81. The number of hydrogen-bond donors (Lipinski definition) is 0. The summed E-state index contributed by atoms with van der Waals surface area (Å²) in [6.45, 7) is -0.255. The number of ketones is 1. The van der Waals surface area contributed by atoms with Crippen LogP contribution in [-0.2, 0) is 11.2 Å². The normalized spacial score (nSPS) is 10.3. The lowest BCUT2D eigenvalue weighted by Gasteiger charge is -2.06. The molecule has 0 atom stereocenters. The molecule has 2 nitrogen and oxygen atoms in total. The molecule has 0 spiro atoms. The third-order valence-electron chi connectivity index (χ3n) is 2.64. The highest BCUT2D eigenvalue weighted by atomic mass is 35.5. The van der Waals surface area contributed by atoms with E-state index in [-0.39, 0.29) is 29.6 Å². The number of benzene rings is 2. The van der Waals surface area contributed by atoms with Crippen LogP contribution in [0.2, 0.25) is 5.02 Å².